The number of nitrogens with one attached hydrogen (secondary N) is 1. The van der Waals surface area contributed by atoms with E-state index in [1.54, 1.807) is 30.2 Å². The molecule has 2 N–H and O–H groups in total. The minimum absolute atomic E-state index is 0.255. The van der Waals surface area contributed by atoms with E-state index in [1.165, 1.54) is 12.8 Å². The third-order valence-corrected chi connectivity index (χ3v) is 5.24. The number of anilines is 1. The smallest absolute Gasteiger partial charge is 0.336 e. The molecular formula is C21H22N2O2S. The number of hydrogen-bond acceptors (Lipinski definition) is 4. The number of carboxylic acid groups (broad SMARTS) is 1. The van der Waals surface area contributed by atoms with Gasteiger partial charge in [0.2, 0.25) is 0 Å². The van der Waals surface area contributed by atoms with Crippen molar-refractivity contribution in [2.75, 3.05) is 17.7 Å². The molecule has 3 rings (SSSR count). The molecule has 4 nitrogen and oxygen atoms in total. The molecular weight excluding hydrogens is 344 g/mol. The highest BCUT2D eigenvalue weighted by atomic mass is 32.2. The van der Waals surface area contributed by atoms with Gasteiger partial charge in [0.05, 0.1) is 11.3 Å². The first-order valence-electron chi connectivity index (χ1n) is 8.62. The fourth-order valence-corrected chi connectivity index (χ4v) is 3.93. The quantitative estimate of drug-likeness (QED) is 0.328. The van der Waals surface area contributed by atoms with Crippen molar-refractivity contribution in [3.8, 4) is 0 Å². The fraction of sp³-hybridized carbons (Fsp3) is 0.190. The van der Waals surface area contributed by atoms with E-state index in [2.05, 4.69) is 16.4 Å². The van der Waals surface area contributed by atoms with Crippen LogP contribution < -0.4 is 5.43 Å². The van der Waals surface area contributed by atoms with Gasteiger partial charge in [-0.05, 0) is 41.7 Å². The van der Waals surface area contributed by atoms with Crippen molar-refractivity contribution in [3.63, 3.8) is 0 Å². The lowest BCUT2D eigenvalue weighted by Gasteiger charge is -2.26. The molecule has 0 bridgehead atoms. The molecule has 5 heteroatoms. The molecule has 134 valence electrons. The van der Waals surface area contributed by atoms with Crippen LogP contribution in [0.4, 0.5) is 5.69 Å². The highest BCUT2D eigenvalue weighted by Gasteiger charge is 2.17. The van der Waals surface area contributed by atoms with Gasteiger partial charge in [0.15, 0.2) is 0 Å². The summed E-state index contributed by atoms with van der Waals surface area (Å²) in [6.07, 6.45) is 4.03. The Balaban J connectivity index is 1.97. The van der Waals surface area contributed by atoms with Gasteiger partial charge in [0, 0.05) is 12.3 Å². The molecule has 1 saturated heterocycles. The zero-order chi connectivity index (χ0) is 18.4. The Morgan fingerprint density at radius 2 is 1.88 bits per heavy atom. The second-order valence-electron chi connectivity index (χ2n) is 6.00. The van der Waals surface area contributed by atoms with Crippen LogP contribution in [0.5, 0.6) is 0 Å². The number of hydrogen-bond donors (Lipinski definition) is 2. The summed E-state index contributed by atoms with van der Waals surface area (Å²) in [7, 11) is 0. The molecule has 0 aromatic heterocycles. The van der Waals surface area contributed by atoms with Gasteiger partial charge in [-0.1, -0.05) is 67.1 Å². The summed E-state index contributed by atoms with van der Waals surface area (Å²) >= 11 is 1.78. The van der Waals surface area contributed by atoms with Crippen LogP contribution in [0.25, 0.3) is 11.1 Å². The lowest BCUT2D eigenvalue weighted by Crippen LogP contribution is -2.27. The summed E-state index contributed by atoms with van der Waals surface area (Å²) in [6, 6.07) is 17.0. The molecule has 2 aromatic carbocycles. The average Bonchev–Trinajstić information content (AvgIpc) is 2.67. The monoisotopic (exact) mass is 366 g/mol. The molecule has 0 amide bonds. The minimum Gasteiger partial charge on any atom is -0.478 e. The lowest BCUT2D eigenvalue weighted by molar-refractivity contribution is -0.130. The Bertz CT molecular complexity index is 812. The second kappa shape index (κ2) is 8.74. The molecule has 2 aromatic rings. The number of carboxylic acids is 1. The van der Waals surface area contributed by atoms with Gasteiger partial charge in [-0.25, -0.2) is 4.79 Å². The predicted molar refractivity (Wildman–Crippen MR) is 110 cm³/mol. The summed E-state index contributed by atoms with van der Waals surface area (Å²) in [6.45, 7) is 4.84. The third kappa shape index (κ3) is 4.36. The zero-order valence-electron chi connectivity index (χ0n) is 14.5. The molecule has 1 fully saturated rings. The van der Waals surface area contributed by atoms with Crippen molar-refractivity contribution in [2.45, 2.75) is 12.8 Å². The Kier molecular flexibility index (Phi) is 6.15. The maximum Gasteiger partial charge on any atom is 0.336 e. The van der Waals surface area contributed by atoms with E-state index in [9.17, 15) is 9.90 Å². The lowest BCUT2D eigenvalue weighted by atomic mass is 9.94. The van der Waals surface area contributed by atoms with Gasteiger partial charge >= 0.3 is 5.97 Å². The van der Waals surface area contributed by atoms with Gasteiger partial charge in [-0.3, -0.25) is 0 Å². The third-order valence-electron chi connectivity index (χ3n) is 4.18. The topological polar surface area (TPSA) is 52.6 Å². The summed E-state index contributed by atoms with van der Waals surface area (Å²) < 4.78 is 2.13. The molecule has 0 radical (unpaired) electrons. The molecule has 26 heavy (non-hydrogen) atoms. The summed E-state index contributed by atoms with van der Waals surface area (Å²) in [4.78, 5) is 11.9. The van der Waals surface area contributed by atoms with Gasteiger partial charge in [-0.15, -0.1) is 0 Å². The molecule has 1 heterocycles. The first-order valence-corrected chi connectivity index (χ1v) is 9.56. The van der Waals surface area contributed by atoms with Crippen molar-refractivity contribution >= 4 is 34.8 Å². The van der Waals surface area contributed by atoms with Crippen LogP contribution in [0.1, 0.15) is 24.0 Å². The number of aliphatic carboxylic acids is 1. The standard InChI is InChI=1S/C21H22N2O2S/c1-2-19(20(21(24)25)16-9-4-3-5-10-16)17-11-8-12-18(15-17)22-23-13-6-7-14-26-23/h2-5,8-12,15,22H,1,6-7,13-14H2,(H,24,25). The van der Waals surface area contributed by atoms with Gasteiger partial charge in [-0.2, -0.15) is 4.41 Å². The molecule has 0 aliphatic carbocycles. The van der Waals surface area contributed by atoms with Crippen LogP contribution in [0.3, 0.4) is 0 Å². The van der Waals surface area contributed by atoms with Crippen LogP contribution >= 0.6 is 11.9 Å². The van der Waals surface area contributed by atoms with Crippen LogP contribution in [0, 0.1) is 0 Å². The van der Waals surface area contributed by atoms with Gasteiger partial charge < -0.3 is 10.5 Å². The molecule has 1 aliphatic rings. The number of hydrazine groups is 1. The highest BCUT2D eigenvalue weighted by molar-refractivity contribution is 7.97. The van der Waals surface area contributed by atoms with Crippen LogP contribution in [0.2, 0.25) is 0 Å². The number of nitrogens with zero attached hydrogens (tertiary/aromatic N) is 1. The molecule has 1 aliphatic heterocycles. The van der Waals surface area contributed by atoms with Gasteiger partial charge in [0.25, 0.3) is 0 Å². The van der Waals surface area contributed by atoms with E-state index in [0.717, 1.165) is 23.5 Å². The number of rotatable bonds is 6. The van der Waals surface area contributed by atoms with E-state index in [1.807, 2.05) is 42.5 Å². The largest absolute Gasteiger partial charge is 0.478 e. The van der Waals surface area contributed by atoms with Crippen molar-refractivity contribution in [2.24, 2.45) is 0 Å². The van der Waals surface area contributed by atoms with E-state index in [0.29, 0.717) is 11.1 Å². The van der Waals surface area contributed by atoms with Crippen LogP contribution in [-0.4, -0.2) is 27.8 Å². The van der Waals surface area contributed by atoms with E-state index in [4.69, 9.17) is 0 Å². The van der Waals surface area contributed by atoms with E-state index < -0.39 is 5.97 Å². The van der Waals surface area contributed by atoms with Gasteiger partial charge in [0.1, 0.15) is 0 Å². The normalized spacial score (nSPS) is 15.8. The average molecular weight is 366 g/mol. The number of benzene rings is 2. The summed E-state index contributed by atoms with van der Waals surface area (Å²) in [5.41, 5.74) is 6.70. The Morgan fingerprint density at radius 1 is 1.12 bits per heavy atom. The van der Waals surface area contributed by atoms with Crippen molar-refractivity contribution < 1.29 is 9.90 Å². The Labute approximate surface area is 158 Å². The van der Waals surface area contributed by atoms with Crippen molar-refractivity contribution in [1.29, 1.82) is 0 Å². The van der Waals surface area contributed by atoms with E-state index in [-0.39, 0.29) is 5.57 Å². The van der Waals surface area contributed by atoms with Crippen LogP contribution in [-0.2, 0) is 4.79 Å². The first kappa shape index (κ1) is 18.3. The molecule has 0 saturated carbocycles. The molecule has 0 spiro atoms. The van der Waals surface area contributed by atoms with Crippen molar-refractivity contribution in [3.05, 3.63) is 78.4 Å². The molecule has 0 unspecified atom stereocenters. The minimum atomic E-state index is -0.962. The molecule has 0 atom stereocenters. The number of carbonyl (C=O) groups is 1. The summed E-state index contributed by atoms with van der Waals surface area (Å²) in [5.74, 6) is 0.151. The summed E-state index contributed by atoms with van der Waals surface area (Å²) in [5, 5.41) is 9.79. The maximum atomic E-state index is 11.9. The fourth-order valence-electron chi connectivity index (χ4n) is 2.95. The first-order chi connectivity index (χ1) is 12.7. The maximum absolute atomic E-state index is 11.9. The Hall–Kier alpha value is -2.50. The Morgan fingerprint density at radius 3 is 2.54 bits per heavy atom. The van der Waals surface area contributed by atoms with Crippen molar-refractivity contribution in [1.82, 2.24) is 4.41 Å². The zero-order valence-corrected chi connectivity index (χ0v) is 15.3. The SMILES string of the molecule is C=CC(=C(C(=O)O)c1ccccc1)c1cccc(NN2CCCCS2)c1. The highest BCUT2D eigenvalue weighted by Crippen LogP contribution is 2.30. The number of allylic oxidation sites excluding steroid dienone is 2. The van der Waals surface area contributed by atoms with Crippen LogP contribution in [0.15, 0.2) is 67.3 Å². The van der Waals surface area contributed by atoms with E-state index >= 15 is 0 Å². The predicted octanol–water partition coefficient (Wildman–Crippen LogP) is 4.94. The second-order valence-corrected chi connectivity index (χ2v) is 7.11.